The second-order valence-corrected chi connectivity index (χ2v) is 13.8. The molecule has 5 rings (SSSR count). The minimum atomic E-state index is -3.30. The number of aliphatic hydroxyl groups is 2. The van der Waals surface area contributed by atoms with Gasteiger partial charge in [-0.25, -0.2) is 18.4 Å². The molecule has 0 amide bonds. The molecule has 0 spiro atoms. The number of hydrogen-bond acceptors (Lipinski definition) is 11. The van der Waals surface area contributed by atoms with Crippen LogP contribution in [-0.2, 0) is 9.84 Å². The summed E-state index contributed by atoms with van der Waals surface area (Å²) in [5, 5.41) is 28.8. The molecule has 10 nitrogen and oxygen atoms in total. The molecule has 3 aromatic rings. The molecule has 37 heavy (non-hydrogen) atoms. The fourth-order valence-electron chi connectivity index (χ4n) is 4.95. The first-order valence-electron chi connectivity index (χ1n) is 12.8. The summed E-state index contributed by atoms with van der Waals surface area (Å²) in [4.78, 5) is 19.0. The number of aryl methyl sites for hydroxylation is 1. The quantitative estimate of drug-likeness (QED) is 0.315. The molecule has 0 saturated heterocycles. The highest BCUT2D eigenvalue weighted by Gasteiger charge is 2.43. The largest absolute Gasteiger partial charge is 0.390 e. The number of rotatable bonds is 9. The molecule has 0 aromatic carbocycles. The summed E-state index contributed by atoms with van der Waals surface area (Å²) in [7, 11) is -3.30. The van der Waals surface area contributed by atoms with E-state index >= 15 is 0 Å². The van der Waals surface area contributed by atoms with Gasteiger partial charge in [-0.05, 0) is 46.1 Å². The van der Waals surface area contributed by atoms with E-state index in [2.05, 4.69) is 20.6 Å². The van der Waals surface area contributed by atoms with Crippen molar-refractivity contribution in [1.82, 2.24) is 19.9 Å². The van der Waals surface area contributed by atoms with Crippen molar-refractivity contribution in [1.29, 1.82) is 0 Å². The number of anilines is 2. The van der Waals surface area contributed by atoms with Crippen LogP contribution in [0, 0.1) is 12.8 Å². The van der Waals surface area contributed by atoms with Crippen molar-refractivity contribution in [3.63, 3.8) is 0 Å². The Hall–Kier alpha value is -2.41. The lowest BCUT2D eigenvalue weighted by molar-refractivity contribution is 0.0216. The zero-order valence-electron chi connectivity index (χ0n) is 21.5. The molecular weight excluding hydrogens is 512 g/mol. The monoisotopic (exact) mass is 546 g/mol. The molecule has 0 bridgehead atoms. The van der Waals surface area contributed by atoms with Gasteiger partial charge in [-0.1, -0.05) is 6.92 Å². The molecule has 4 N–H and O–H groups in total. The first-order chi connectivity index (χ1) is 17.6. The molecule has 12 heteroatoms. The zero-order chi connectivity index (χ0) is 26.5. The predicted octanol–water partition coefficient (Wildman–Crippen LogP) is 3.11. The van der Waals surface area contributed by atoms with E-state index in [0.29, 0.717) is 24.1 Å². The highest BCUT2D eigenvalue weighted by molar-refractivity contribution is 7.91. The third-order valence-corrected chi connectivity index (χ3v) is 9.91. The molecule has 0 radical (unpaired) electrons. The van der Waals surface area contributed by atoms with E-state index < -0.39 is 34.0 Å². The second kappa shape index (κ2) is 10.0. The number of aliphatic hydroxyl groups excluding tert-OH is 2. The molecule has 0 unspecified atom stereocenters. The average molecular weight is 547 g/mol. The summed E-state index contributed by atoms with van der Waals surface area (Å²) in [5.41, 5.74) is 3.38. The van der Waals surface area contributed by atoms with Gasteiger partial charge in [0.15, 0.2) is 0 Å². The second-order valence-electron chi connectivity index (χ2n) is 10.4. The number of fused-ring (bicyclic) bond motifs is 1. The van der Waals surface area contributed by atoms with Crippen molar-refractivity contribution < 1.29 is 18.6 Å². The van der Waals surface area contributed by atoms with Crippen LogP contribution in [0.4, 0.5) is 11.8 Å². The first-order valence-corrected chi connectivity index (χ1v) is 15.4. The maximum atomic E-state index is 12.2. The summed E-state index contributed by atoms with van der Waals surface area (Å²) in [6.07, 6.45) is 2.10. The standard InChI is InChI=1S/C25H34N6O4S2/c1-5-37(34,35)11-15-10-16(22(33)21(15)32)29-23-18(13(4)28-25(31-23)27-12(2)3)24-30-20-17(36-24)8-9-26-19(20)14-6-7-14/h8-9,12,14-16,21-22,32-33H,5-7,10-11H2,1-4H3,(H2,27,28,29,31)/t15-,16-,21-,22+/m1/s1. The number of nitrogens with one attached hydrogen (secondary N) is 2. The van der Waals surface area contributed by atoms with Crippen LogP contribution in [0.1, 0.15) is 57.3 Å². The Morgan fingerprint density at radius 2 is 1.92 bits per heavy atom. The van der Waals surface area contributed by atoms with Crippen molar-refractivity contribution >= 4 is 43.2 Å². The molecule has 2 fully saturated rings. The summed E-state index contributed by atoms with van der Waals surface area (Å²) in [6.45, 7) is 7.48. The van der Waals surface area contributed by atoms with Crippen molar-refractivity contribution in [2.24, 2.45) is 5.92 Å². The molecule has 200 valence electrons. The zero-order valence-corrected chi connectivity index (χ0v) is 23.1. The number of pyridine rings is 1. The van der Waals surface area contributed by atoms with E-state index in [0.717, 1.165) is 45.0 Å². The van der Waals surface area contributed by atoms with Crippen LogP contribution in [0.5, 0.6) is 0 Å². The summed E-state index contributed by atoms with van der Waals surface area (Å²) in [5.74, 6) is 0.664. The van der Waals surface area contributed by atoms with Crippen molar-refractivity contribution in [3.05, 3.63) is 23.7 Å². The lowest BCUT2D eigenvalue weighted by Gasteiger charge is -2.21. The van der Waals surface area contributed by atoms with Crippen LogP contribution in [0.3, 0.4) is 0 Å². The number of sulfone groups is 1. The van der Waals surface area contributed by atoms with E-state index in [-0.39, 0.29) is 17.5 Å². The third-order valence-electron chi connectivity index (χ3n) is 7.05. The van der Waals surface area contributed by atoms with Crippen molar-refractivity contribution in [2.75, 3.05) is 22.1 Å². The van der Waals surface area contributed by atoms with Gasteiger partial charge in [0.25, 0.3) is 0 Å². The van der Waals surface area contributed by atoms with Crippen molar-refractivity contribution in [3.8, 4) is 10.6 Å². The van der Waals surface area contributed by atoms with E-state index in [4.69, 9.17) is 9.97 Å². The average Bonchev–Trinajstić information content (AvgIpc) is 3.53. The van der Waals surface area contributed by atoms with Crippen LogP contribution in [0.2, 0.25) is 0 Å². The Kier molecular flexibility index (Phi) is 7.12. The van der Waals surface area contributed by atoms with Gasteiger partial charge < -0.3 is 20.8 Å². The summed E-state index contributed by atoms with van der Waals surface area (Å²) < 4.78 is 25.5. The van der Waals surface area contributed by atoms with Gasteiger partial charge >= 0.3 is 0 Å². The Morgan fingerprint density at radius 3 is 2.59 bits per heavy atom. The smallest absolute Gasteiger partial charge is 0.225 e. The van der Waals surface area contributed by atoms with Gasteiger partial charge in [-0.15, -0.1) is 11.3 Å². The van der Waals surface area contributed by atoms with Gasteiger partial charge in [0.05, 0.1) is 39.5 Å². The highest BCUT2D eigenvalue weighted by Crippen LogP contribution is 2.44. The Bertz CT molecular complexity index is 1410. The van der Waals surface area contributed by atoms with Gasteiger partial charge in [0, 0.05) is 29.8 Å². The minimum Gasteiger partial charge on any atom is -0.390 e. The van der Waals surface area contributed by atoms with E-state index in [1.54, 1.807) is 18.3 Å². The lowest BCUT2D eigenvalue weighted by atomic mass is 10.1. The maximum absolute atomic E-state index is 12.2. The predicted molar refractivity (Wildman–Crippen MR) is 146 cm³/mol. The van der Waals surface area contributed by atoms with Crippen LogP contribution >= 0.6 is 11.3 Å². The van der Waals surface area contributed by atoms with Crippen LogP contribution < -0.4 is 10.6 Å². The van der Waals surface area contributed by atoms with Gasteiger partial charge in [0.1, 0.15) is 32.3 Å². The highest BCUT2D eigenvalue weighted by atomic mass is 32.2. The Labute approximate surface area is 220 Å². The maximum Gasteiger partial charge on any atom is 0.225 e. The molecular formula is C25H34N6O4S2. The molecule has 4 atom stereocenters. The number of hydrogen-bond donors (Lipinski definition) is 4. The van der Waals surface area contributed by atoms with Gasteiger partial charge in [-0.2, -0.15) is 4.98 Å². The van der Waals surface area contributed by atoms with Gasteiger partial charge in [0.2, 0.25) is 5.95 Å². The molecule has 0 aliphatic heterocycles. The number of aromatic nitrogens is 4. The van der Waals surface area contributed by atoms with Crippen LogP contribution in [0.15, 0.2) is 12.3 Å². The van der Waals surface area contributed by atoms with Gasteiger partial charge in [-0.3, -0.25) is 4.98 Å². The normalized spacial score (nSPS) is 24.2. The van der Waals surface area contributed by atoms with Crippen LogP contribution in [-0.4, -0.2) is 74.4 Å². The minimum absolute atomic E-state index is 0.000789. The number of thiazole rings is 1. The molecule has 3 heterocycles. The summed E-state index contributed by atoms with van der Waals surface area (Å²) >= 11 is 1.55. The van der Waals surface area contributed by atoms with Crippen molar-refractivity contribution in [2.45, 2.75) is 77.2 Å². The van der Waals surface area contributed by atoms with Crippen LogP contribution in [0.25, 0.3) is 20.8 Å². The third kappa shape index (κ3) is 5.43. The Morgan fingerprint density at radius 1 is 1.16 bits per heavy atom. The number of nitrogens with zero attached hydrogens (tertiary/aromatic N) is 4. The topological polar surface area (TPSA) is 150 Å². The molecule has 3 aromatic heterocycles. The fraction of sp³-hybridized carbons (Fsp3) is 0.600. The SMILES string of the molecule is CCS(=O)(=O)C[C@H]1C[C@@H](Nc2nc(NC(C)C)nc(C)c2-c2nc3c(C4CC4)nccc3s2)[C@H](O)[C@@H]1O. The summed E-state index contributed by atoms with van der Waals surface area (Å²) in [6, 6.07) is 1.50. The van der Waals surface area contributed by atoms with E-state index in [1.807, 2.05) is 33.0 Å². The van der Waals surface area contributed by atoms with E-state index in [9.17, 15) is 18.6 Å². The van der Waals surface area contributed by atoms with E-state index in [1.165, 1.54) is 0 Å². The molecule has 2 aliphatic rings. The first kappa shape index (κ1) is 26.2. The lowest BCUT2D eigenvalue weighted by Crippen LogP contribution is -2.36. The molecule has 2 aliphatic carbocycles. The molecule has 2 saturated carbocycles. The fourth-order valence-corrected chi connectivity index (χ4v) is 7.23. The Balaban J connectivity index is 1.53.